The molecule has 2 saturated heterocycles. The number of fused-ring (bicyclic) bond motifs is 1. The highest BCUT2D eigenvalue weighted by molar-refractivity contribution is 5.09. The predicted octanol–water partition coefficient (Wildman–Crippen LogP) is 5.29. The molecule has 8 heteroatoms. The molecule has 4 nitrogen and oxygen atoms in total. The maximum Gasteiger partial charge on any atom is 0.397 e. The first-order chi connectivity index (χ1) is 14.2. The van der Waals surface area contributed by atoms with E-state index in [0.717, 1.165) is 12.8 Å². The Morgan fingerprint density at radius 1 is 1.20 bits per heavy atom. The molecule has 0 aromatic heterocycles. The Morgan fingerprint density at radius 2 is 1.97 bits per heavy atom. The van der Waals surface area contributed by atoms with E-state index in [1.54, 1.807) is 6.08 Å². The van der Waals surface area contributed by atoms with E-state index in [2.05, 4.69) is 0 Å². The van der Waals surface area contributed by atoms with Crippen LogP contribution in [-0.2, 0) is 14.2 Å². The average molecular weight is 439 g/mol. The van der Waals surface area contributed by atoms with E-state index >= 15 is 0 Å². The third kappa shape index (κ3) is 5.03. The van der Waals surface area contributed by atoms with Crippen LogP contribution in [0.4, 0.5) is 17.6 Å². The topological polar surface area (TPSA) is 47.9 Å². The molecule has 8 atom stereocenters. The van der Waals surface area contributed by atoms with Gasteiger partial charge in [0.15, 0.2) is 18.8 Å². The molecule has 4 unspecified atom stereocenters. The zero-order chi connectivity index (χ0) is 21.9. The lowest BCUT2D eigenvalue weighted by Gasteiger charge is -2.40. The predicted molar refractivity (Wildman–Crippen MR) is 103 cm³/mol. The van der Waals surface area contributed by atoms with Crippen LogP contribution in [0.3, 0.4) is 0 Å². The number of hydrogen-bond acceptors (Lipinski definition) is 4. The monoisotopic (exact) mass is 438 g/mol. The van der Waals surface area contributed by atoms with Gasteiger partial charge >= 0.3 is 6.18 Å². The molecule has 1 N–H and O–H groups in total. The van der Waals surface area contributed by atoms with Crippen molar-refractivity contribution < 1.29 is 36.9 Å². The van der Waals surface area contributed by atoms with E-state index in [1.807, 2.05) is 6.92 Å². The first-order valence-electron chi connectivity index (χ1n) is 11.2. The fraction of sp³-hybridized carbons (Fsp3) is 0.909. The van der Waals surface area contributed by atoms with Gasteiger partial charge in [-0.15, -0.1) is 0 Å². The van der Waals surface area contributed by atoms with Gasteiger partial charge in [0, 0.05) is 12.5 Å². The van der Waals surface area contributed by atoms with E-state index in [0.29, 0.717) is 38.7 Å². The number of aliphatic hydroxyl groups is 1. The molecule has 0 amide bonds. The first-order valence-corrected chi connectivity index (χ1v) is 11.2. The van der Waals surface area contributed by atoms with Gasteiger partial charge in [0.2, 0.25) is 0 Å². The van der Waals surface area contributed by atoms with E-state index < -0.39 is 42.4 Å². The molecule has 0 bridgehead atoms. The smallest absolute Gasteiger partial charge is 0.366 e. The highest BCUT2D eigenvalue weighted by atomic mass is 19.4. The number of hydrogen-bond donors (Lipinski definition) is 1. The van der Waals surface area contributed by atoms with E-state index in [9.17, 15) is 22.7 Å². The molecule has 2 heterocycles. The molecule has 30 heavy (non-hydrogen) atoms. The lowest BCUT2D eigenvalue weighted by atomic mass is 9.77. The number of aliphatic hydroxyl groups excluding tert-OH is 1. The molecule has 3 fully saturated rings. The molecule has 1 saturated carbocycles. The van der Waals surface area contributed by atoms with Gasteiger partial charge in [0.1, 0.15) is 0 Å². The minimum Gasteiger partial charge on any atom is -0.366 e. The third-order valence-corrected chi connectivity index (χ3v) is 6.96. The Labute approximate surface area is 175 Å². The molecule has 0 aromatic carbocycles. The second-order valence-corrected chi connectivity index (χ2v) is 9.08. The molecule has 3 aliphatic rings. The van der Waals surface area contributed by atoms with Crippen LogP contribution in [0.1, 0.15) is 65.2 Å². The number of rotatable bonds is 8. The van der Waals surface area contributed by atoms with Gasteiger partial charge in [-0.2, -0.15) is 13.2 Å². The molecule has 3 rings (SSSR count). The molecule has 174 valence electrons. The summed E-state index contributed by atoms with van der Waals surface area (Å²) >= 11 is 0. The minimum atomic E-state index is -4.46. The normalized spacial score (nSPS) is 38.0. The second-order valence-electron chi connectivity index (χ2n) is 9.08. The van der Waals surface area contributed by atoms with Crippen LogP contribution >= 0.6 is 0 Å². The summed E-state index contributed by atoms with van der Waals surface area (Å²) in [5.41, 5.74) is -2.07. The molecule has 0 aromatic rings. The molecule has 0 spiro atoms. The van der Waals surface area contributed by atoms with Gasteiger partial charge < -0.3 is 19.3 Å². The van der Waals surface area contributed by atoms with Crippen molar-refractivity contribution in [1.82, 2.24) is 0 Å². The van der Waals surface area contributed by atoms with Gasteiger partial charge in [-0.05, 0) is 51.4 Å². The van der Waals surface area contributed by atoms with Gasteiger partial charge in [-0.25, -0.2) is 4.39 Å². The molecule has 2 aliphatic heterocycles. The van der Waals surface area contributed by atoms with E-state index in [-0.39, 0.29) is 18.4 Å². The highest BCUT2D eigenvalue weighted by Crippen LogP contribution is 2.48. The van der Waals surface area contributed by atoms with Gasteiger partial charge in [-0.3, -0.25) is 0 Å². The van der Waals surface area contributed by atoms with Crippen LogP contribution < -0.4 is 0 Å². The fourth-order valence-corrected chi connectivity index (χ4v) is 4.91. The quantitative estimate of drug-likeness (QED) is 0.413. The van der Waals surface area contributed by atoms with Crippen molar-refractivity contribution in [1.29, 1.82) is 0 Å². The number of unbranched alkanes of at least 4 members (excludes halogenated alkanes) is 1. The van der Waals surface area contributed by atoms with Crippen LogP contribution in [0, 0.1) is 17.3 Å². The fourth-order valence-electron chi connectivity index (χ4n) is 4.91. The van der Waals surface area contributed by atoms with Crippen LogP contribution in [0.5, 0.6) is 0 Å². The Hall–Kier alpha value is -0.700. The summed E-state index contributed by atoms with van der Waals surface area (Å²) in [4.78, 5) is 0. The zero-order valence-corrected chi connectivity index (χ0v) is 17.7. The number of alkyl halides is 4. The summed E-state index contributed by atoms with van der Waals surface area (Å²) in [6, 6.07) is 0. The third-order valence-electron chi connectivity index (χ3n) is 6.96. The lowest BCUT2D eigenvalue weighted by Crippen LogP contribution is -2.47. The van der Waals surface area contributed by atoms with Crippen molar-refractivity contribution in [2.24, 2.45) is 17.3 Å². The maximum absolute atomic E-state index is 14.4. The molecule has 1 aliphatic carbocycles. The van der Waals surface area contributed by atoms with Crippen molar-refractivity contribution in [3.05, 3.63) is 12.2 Å². The van der Waals surface area contributed by atoms with Crippen LogP contribution in [0.15, 0.2) is 12.2 Å². The van der Waals surface area contributed by atoms with Crippen molar-refractivity contribution >= 4 is 0 Å². The highest BCUT2D eigenvalue weighted by Gasteiger charge is 2.56. The van der Waals surface area contributed by atoms with Crippen LogP contribution in [-0.4, -0.2) is 48.8 Å². The number of halogens is 4. The summed E-state index contributed by atoms with van der Waals surface area (Å²) in [6.07, 6.45) is -2.10. The maximum atomic E-state index is 14.4. The summed E-state index contributed by atoms with van der Waals surface area (Å²) < 4.78 is 73.6. The van der Waals surface area contributed by atoms with Crippen molar-refractivity contribution in [3.8, 4) is 0 Å². The zero-order valence-electron chi connectivity index (χ0n) is 17.7. The minimum absolute atomic E-state index is 0.0565. The Balaban J connectivity index is 1.82. The van der Waals surface area contributed by atoms with Crippen molar-refractivity contribution in [2.45, 2.75) is 102 Å². The summed E-state index contributed by atoms with van der Waals surface area (Å²) in [6.45, 7) is 3.54. The lowest BCUT2D eigenvalue weighted by molar-refractivity contribution is -0.279. The Kier molecular flexibility index (Phi) is 7.86. The standard InChI is InChI=1S/C22H34F4O4/c1-3-4-12-21(2,22(24,25)26)16(30-17-7-5-6-13-28-17)11-9-14-8-10-15-18(14)19(23)20(27)29-15/h9,11,14-20,27H,3-8,10,12-13H2,1-2H3/t14-,15+,16?,17?,18-,19+,20?,21?/m0/s1. The van der Waals surface area contributed by atoms with Crippen molar-refractivity contribution in [2.75, 3.05) is 6.61 Å². The van der Waals surface area contributed by atoms with Gasteiger partial charge in [0.05, 0.1) is 17.6 Å². The second kappa shape index (κ2) is 9.84. The number of allylic oxidation sites excluding steroid dienone is 1. The first kappa shape index (κ1) is 24.0. The van der Waals surface area contributed by atoms with Gasteiger partial charge in [0.25, 0.3) is 0 Å². The number of ether oxygens (including phenoxy) is 3. The molecular formula is C22H34F4O4. The largest absolute Gasteiger partial charge is 0.397 e. The molecule has 0 radical (unpaired) electrons. The Bertz CT molecular complexity index is 576. The van der Waals surface area contributed by atoms with Crippen LogP contribution in [0.2, 0.25) is 0 Å². The van der Waals surface area contributed by atoms with Crippen molar-refractivity contribution in [3.63, 3.8) is 0 Å². The Morgan fingerprint density at radius 3 is 2.60 bits per heavy atom. The average Bonchev–Trinajstić information content (AvgIpc) is 3.22. The molecular weight excluding hydrogens is 404 g/mol. The van der Waals surface area contributed by atoms with E-state index in [1.165, 1.54) is 13.0 Å². The van der Waals surface area contributed by atoms with Gasteiger partial charge in [-0.1, -0.05) is 31.9 Å². The van der Waals surface area contributed by atoms with E-state index in [4.69, 9.17) is 14.2 Å². The summed E-state index contributed by atoms with van der Waals surface area (Å²) in [5.74, 6) is -0.820. The summed E-state index contributed by atoms with van der Waals surface area (Å²) in [5, 5.41) is 9.64. The SMILES string of the molecule is CCCCC(C)(C(C=C[C@@H]1CC[C@H]2OC(O)[C@H](F)[C@@H]12)OC1CCCCO1)C(F)(F)F. The summed E-state index contributed by atoms with van der Waals surface area (Å²) in [7, 11) is 0. The van der Waals surface area contributed by atoms with Crippen LogP contribution in [0.25, 0.3) is 0 Å².